The summed E-state index contributed by atoms with van der Waals surface area (Å²) in [4.78, 5) is 15.1. The number of nitro groups is 1. The zero-order valence-corrected chi connectivity index (χ0v) is 13.3. The van der Waals surface area contributed by atoms with Crippen molar-refractivity contribution in [2.45, 2.75) is 10.1 Å². The molecule has 0 spiro atoms. The Morgan fingerprint density at radius 3 is 2.86 bits per heavy atom. The smallest absolute Gasteiger partial charge is 0.311 e. The van der Waals surface area contributed by atoms with Gasteiger partial charge in [0.2, 0.25) is 0 Å². The molecule has 0 bridgehead atoms. The molecular formula is C15H12N2O3S2. The van der Waals surface area contributed by atoms with Crippen molar-refractivity contribution in [3.05, 3.63) is 58.1 Å². The number of aromatic nitrogens is 1. The molecule has 0 aliphatic carbocycles. The van der Waals surface area contributed by atoms with Crippen molar-refractivity contribution in [1.29, 1.82) is 0 Å². The Bertz CT molecular complexity index is 800. The lowest BCUT2D eigenvalue weighted by Crippen LogP contribution is -1.94. The lowest BCUT2D eigenvalue weighted by Gasteiger charge is -2.04. The average molecular weight is 332 g/mol. The van der Waals surface area contributed by atoms with E-state index in [0.717, 1.165) is 20.1 Å². The molecule has 1 aromatic heterocycles. The fourth-order valence-electron chi connectivity index (χ4n) is 2.03. The van der Waals surface area contributed by atoms with E-state index < -0.39 is 4.92 Å². The van der Waals surface area contributed by atoms with E-state index in [0.29, 0.717) is 5.75 Å². The molecule has 22 heavy (non-hydrogen) atoms. The molecule has 0 atom stereocenters. The van der Waals surface area contributed by atoms with Crippen LogP contribution in [0.5, 0.6) is 5.75 Å². The maximum atomic E-state index is 11.0. The molecule has 7 heteroatoms. The Morgan fingerprint density at radius 2 is 2.14 bits per heavy atom. The zero-order chi connectivity index (χ0) is 15.5. The second-order valence-corrected chi connectivity index (χ2v) is 6.75. The lowest BCUT2D eigenvalue weighted by molar-refractivity contribution is -0.385. The Hall–Kier alpha value is -2.12. The van der Waals surface area contributed by atoms with Gasteiger partial charge in [0.1, 0.15) is 0 Å². The van der Waals surface area contributed by atoms with Gasteiger partial charge in [-0.05, 0) is 23.8 Å². The van der Waals surface area contributed by atoms with Gasteiger partial charge < -0.3 is 4.74 Å². The highest BCUT2D eigenvalue weighted by Gasteiger charge is 2.15. The summed E-state index contributed by atoms with van der Waals surface area (Å²) >= 11 is 3.21. The first-order valence-corrected chi connectivity index (χ1v) is 8.27. The van der Waals surface area contributed by atoms with Crippen molar-refractivity contribution in [2.24, 2.45) is 0 Å². The SMILES string of the molecule is COc1ccc(CSc2nc3ccccc3s2)cc1[N+](=O)[O-]. The molecule has 0 unspecified atom stereocenters. The summed E-state index contributed by atoms with van der Waals surface area (Å²) in [6.07, 6.45) is 0. The van der Waals surface area contributed by atoms with Gasteiger partial charge in [0.05, 0.1) is 22.2 Å². The van der Waals surface area contributed by atoms with E-state index >= 15 is 0 Å². The first kappa shape index (κ1) is 14.8. The molecule has 0 aliphatic rings. The third-order valence-electron chi connectivity index (χ3n) is 3.08. The molecule has 1 heterocycles. The number of nitrogens with zero attached hydrogens (tertiary/aromatic N) is 2. The second kappa shape index (κ2) is 6.33. The Kier molecular flexibility index (Phi) is 4.26. The van der Waals surface area contributed by atoms with Crippen LogP contribution in [-0.2, 0) is 5.75 Å². The van der Waals surface area contributed by atoms with E-state index in [1.165, 1.54) is 7.11 Å². The summed E-state index contributed by atoms with van der Waals surface area (Å²) in [5.41, 5.74) is 1.84. The Balaban J connectivity index is 1.78. The molecule has 0 saturated heterocycles. The topological polar surface area (TPSA) is 65.3 Å². The van der Waals surface area contributed by atoms with Crippen molar-refractivity contribution < 1.29 is 9.66 Å². The van der Waals surface area contributed by atoms with Gasteiger partial charge in [-0.2, -0.15) is 0 Å². The predicted molar refractivity (Wildman–Crippen MR) is 88.8 cm³/mol. The van der Waals surface area contributed by atoms with Crippen molar-refractivity contribution in [1.82, 2.24) is 4.98 Å². The normalized spacial score (nSPS) is 10.8. The van der Waals surface area contributed by atoms with Crippen LogP contribution in [0, 0.1) is 10.1 Å². The second-order valence-electron chi connectivity index (χ2n) is 4.50. The number of ether oxygens (including phenoxy) is 1. The minimum absolute atomic E-state index is 0.00935. The molecule has 2 aromatic carbocycles. The van der Waals surface area contributed by atoms with Crippen LogP contribution in [0.4, 0.5) is 5.69 Å². The molecule has 3 rings (SSSR count). The number of nitro benzene ring substituents is 1. The Morgan fingerprint density at radius 1 is 1.32 bits per heavy atom. The van der Waals surface area contributed by atoms with Crippen LogP contribution in [0.1, 0.15) is 5.56 Å². The minimum atomic E-state index is -0.426. The van der Waals surface area contributed by atoms with Crippen molar-refractivity contribution >= 4 is 39.0 Å². The summed E-state index contributed by atoms with van der Waals surface area (Å²) in [5, 5.41) is 11.0. The summed E-state index contributed by atoms with van der Waals surface area (Å²) in [6, 6.07) is 13.0. The number of hydrogen-bond acceptors (Lipinski definition) is 6. The van der Waals surface area contributed by atoms with Gasteiger partial charge in [0.25, 0.3) is 0 Å². The van der Waals surface area contributed by atoms with Crippen LogP contribution >= 0.6 is 23.1 Å². The number of para-hydroxylation sites is 1. The molecule has 0 saturated carbocycles. The molecule has 3 aromatic rings. The van der Waals surface area contributed by atoms with Crippen molar-refractivity contribution in [3.63, 3.8) is 0 Å². The number of benzene rings is 2. The highest BCUT2D eigenvalue weighted by molar-refractivity contribution is 8.00. The van der Waals surface area contributed by atoms with Crippen LogP contribution in [0.25, 0.3) is 10.2 Å². The average Bonchev–Trinajstić information content (AvgIpc) is 2.95. The third kappa shape index (κ3) is 3.05. The first-order valence-electron chi connectivity index (χ1n) is 6.47. The predicted octanol–water partition coefficient (Wildman–Crippen LogP) is 4.51. The van der Waals surface area contributed by atoms with E-state index in [-0.39, 0.29) is 11.4 Å². The molecule has 0 aliphatic heterocycles. The molecule has 0 amide bonds. The van der Waals surface area contributed by atoms with E-state index in [1.54, 1.807) is 35.2 Å². The molecule has 0 fully saturated rings. The summed E-state index contributed by atoms with van der Waals surface area (Å²) < 4.78 is 7.11. The van der Waals surface area contributed by atoms with Crippen LogP contribution in [-0.4, -0.2) is 17.0 Å². The van der Waals surface area contributed by atoms with Gasteiger partial charge in [-0.15, -0.1) is 11.3 Å². The van der Waals surface area contributed by atoms with Crippen LogP contribution in [0.3, 0.4) is 0 Å². The number of rotatable bonds is 5. The Labute approximate surface area is 135 Å². The van der Waals surface area contributed by atoms with Crippen molar-refractivity contribution in [3.8, 4) is 5.75 Å². The number of methoxy groups -OCH3 is 1. The van der Waals surface area contributed by atoms with Gasteiger partial charge >= 0.3 is 5.69 Å². The summed E-state index contributed by atoms with van der Waals surface area (Å²) in [6.45, 7) is 0. The van der Waals surface area contributed by atoms with Crippen molar-refractivity contribution in [2.75, 3.05) is 7.11 Å². The fraction of sp³-hybridized carbons (Fsp3) is 0.133. The number of hydrogen-bond donors (Lipinski definition) is 0. The molecule has 0 radical (unpaired) electrons. The lowest BCUT2D eigenvalue weighted by atomic mass is 10.2. The quantitative estimate of drug-likeness (QED) is 0.391. The number of thiazole rings is 1. The monoisotopic (exact) mass is 332 g/mol. The van der Waals surface area contributed by atoms with E-state index in [9.17, 15) is 10.1 Å². The van der Waals surface area contributed by atoms with E-state index in [1.807, 2.05) is 30.3 Å². The van der Waals surface area contributed by atoms with Crippen LogP contribution < -0.4 is 4.74 Å². The largest absolute Gasteiger partial charge is 0.490 e. The van der Waals surface area contributed by atoms with Gasteiger partial charge in [-0.25, -0.2) is 4.98 Å². The maximum absolute atomic E-state index is 11.0. The number of fused-ring (bicyclic) bond motifs is 1. The van der Waals surface area contributed by atoms with Crippen LogP contribution in [0.15, 0.2) is 46.8 Å². The van der Waals surface area contributed by atoms with Gasteiger partial charge in [0.15, 0.2) is 10.1 Å². The fourth-order valence-corrected chi connectivity index (χ4v) is 4.04. The van der Waals surface area contributed by atoms with E-state index in [2.05, 4.69) is 4.98 Å². The number of thioether (sulfide) groups is 1. The van der Waals surface area contributed by atoms with Gasteiger partial charge in [-0.1, -0.05) is 30.0 Å². The van der Waals surface area contributed by atoms with Gasteiger partial charge in [0, 0.05) is 11.8 Å². The highest BCUT2D eigenvalue weighted by Crippen LogP contribution is 2.33. The van der Waals surface area contributed by atoms with Crippen LogP contribution in [0.2, 0.25) is 0 Å². The van der Waals surface area contributed by atoms with E-state index in [4.69, 9.17) is 4.74 Å². The minimum Gasteiger partial charge on any atom is -0.490 e. The third-order valence-corrected chi connectivity index (χ3v) is 5.33. The summed E-state index contributed by atoms with van der Waals surface area (Å²) in [7, 11) is 1.43. The molecule has 5 nitrogen and oxygen atoms in total. The molecule has 112 valence electrons. The molecule has 0 N–H and O–H groups in total. The summed E-state index contributed by atoms with van der Waals surface area (Å²) in [5.74, 6) is 0.906. The highest BCUT2D eigenvalue weighted by atomic mass is 32.2. The van der Waals surface area contributed by atoms with Gasteiger partial charge in [-0.3, -0.25) is 10.1 Å². The zero-order valence-electron chi connectivity index (χ0n) is 11.7. The molecular weight excluding hydrogens is 320 g/mol. The first-order chi connectivity index (χ1) is 10.7. The maximum Gasteiger partial charge on any atom is 0.311 e. The standard InChI is InChI=1S/C15H12N2O3S2/c1-20-13-7-6-10(8-12(13)17(18)19)9-21-15-16-11-4-2-3-5-14(11)22-15/h2-8H,9H2,1H3.